The zero-order chi connectivity index (χ0) is 20.1. The molecule has 0 saturated heterocycles. The van der Waals surface area contributed by atoms with Crippen LogP contribution in [0.3, 0.4) is 0 Å². The lowest BCUT2D eigenvalue weighted by atomic mass is 9.86. The van der Waals surface area contributed by atoms with Crippen LogP contribution in [0.4, 0.5) is 0 Å². The number of hydrogen-bond donors (Lipinski definition) is 0. The minimum Gasteiger partial charge on any atom is -0.331 e. The van der Waals surface area contributed by atoms with E-state index in [1.54, 1.807) is 22.5 Å². The largest absolute Gasteiger partial charge is 0.331 e. The summed E-state index contributed by atoms with van der Waals surface area (Å²) >= 11 is 1.58. The van der Waals surface area contributed by atoms with E-state index in [9.17, 15) is 4.79 Å². The maximum absolute atomic E-state index is 13.2. The molecule has 30 heavy (non-hydrogen) atoms. The lowest BCUT2D eigenvalue weighted by Gasteiger charge is -2.40. The molecular formula is C23H19N5OS. The second kappa shape index (κ2) is 6.95. The molecule has 0 fully saturated rings. The smallest absolute Gasteiger partial charge is 0.257 e. The first-order valence-corrected chi connectivity index (χ1v) is 11.1. The molecule has 4 heterocycles. The molecule has 148 valence electrons. The Bertz CT molecular complexity index is 1270. The molecule has 4 aromatic rings. The molecule has 0 aliphatic carbocycles. The van der Waals surface area contributed by atoms with Gasteiger partial charge in [0.15, 0.2) is 0 Å². The van der Waals surface area contributed by atoms with Crippen LogP contribution in [0.15, 0.2) is 66.0 Å². The first kappa shape index (κ1) is 17.7. The Labute approximate surface area is 178 Å². The zero-order valence-corrected chi connectivity index (χ0v) is 17.0. The van der Waals surface area contributed by atoms with Crippen LogP contribution < -0.4 is 0 Å². The highest BCUT2D eigenvalue weighted by atomic mass is 32.2. The summed E-state index contributed by atoms with van der Waals surface area (Å²) in [6.07, 6.45) is 3.29. The van der Waals surface area contributed by atoms with Crippen molar-refractivity contribution < 1.29 is 4.79 Å². The maximum Gasteiger partial charge on any atom is 0.257 e. The van der Waals surface area contributed by atoms with Gasteiger partial charge in [0.25, 0.3) is 11.7 Å². The predicted octanol–water partition coefficient (Wildman–Crippen LogP) is 3.71. The minimum atomic E-state index is 0.0409. The van der Waals surface area contributed by atoms with Crippen LogP contribution in [0.25, 0.3) is 5.78 Å². The monoisotopic (exact) mass is 413 g/mol. The molecule has 1 atom stereocenters. The molecule has 0 radical (unpaired) electrons. The van der Waals surface area contributed by atoms with E-state index in [1.165, 1.54) is 16.7 Å². The number of carbonyl (C=O) groups excluding carboxylic acids is 1. The summed E-state index contributed by atoms with van der Waals surface area (Å²) in [6, 6.07) is 18.7. The van der Waals surface area contributed by atoms with Gasteiger partial charge < -0.3 is 4.90 Å². The topological polar surface area (TPSA) is 63.4 Å². The highest BCUT2D eigenvalue weighted by Gasteiger charge is 2.38. The lowest BCUT2D eigenvalue weighted by Crippen LogP contribution is -2.45. The first-order chi connectivity index (χ1) is 14.8. The molecule has 2 aromatic heterocycles. The van der Waals surface area contributed by atoms with Gasteiger partial charge in [0, 0.05) is 24.9 Å². The van der Waals surface area contributed by atoms with Crippen molar-refractivity contribution in [3.8, 4) is 0 Å². The van der Waals surface area contributed by atoms with Crippen molar-refractivity contribution in [1.29, 1.82) is 0 Å². The molecule has 6 rings (SSSR count). The van der Waals surface area contributed by atoms with Crippen LogP contribution in [0.5, 0.6) is 0 Å². The Morgan fingerprint density at radius 1 is 1.07 bits per heavy atom. The van der Waals surface area contributed by atoms with Crippen LogP contribution in [0.2, 0.25) is 0 Å². The van der Waals surface area contributed by atoms with Crippen LogP contribution in [-0.4, -0.2) is 36.9 Å². The Morgan fingerprint density at radius 2 is 1.90 bits per heavy atom. The third-order valence-corrected chi connectivity index (χ3v) is 6.86. The Balaban J connectivity index is 1.37. The van der Waals surface area contributed by atoms with Gasteiger partial charge in [0.1, 0.15) is 0 Å². The van der Waals surface area contributed by atoms with Gasteiger partial charge in [-0.2, -0.15) is 9.50 Å². The van der Waals surface area contributed by atoms with Gasteiger partial charge in [-0.25, -0.2) is 4.98 Å². The van der Waals surface area contributed by atoms with Crippen molar-refractivity contribution in [2.24, 2.45) is 0 Å². The lowest BCUT2D eigenvalue weighted by molar-refractivity contribution is 0.0626. The molecule has 2 aliphatic heterocycles. The van der Waals surface area contributed by atoms with E-state index in [-0.39, 0.29) is 11.9 Å². The second-order valence-electron chi connectivity index (χ2n) is 7.67. The summed E-state index contributed by atoms with van der Waals surface area (Å²) in [5, 5.41) is 5.38. The van der Waals surface area contributed by atoms with Gasteiger partial charge >= 0.3 is 0 Å². The van der Waals surface area contributed by atoms with E-state index < -0.39 is 0 Å². The average Bonchev–Trinajstić information content (AvgIpc) is 3.22. The van der Waals surface area contributed by atoms with Gasteiger partial charge in [-0.1, -0.05) is 66.4 Å². The van der Waals surface area contributed by atoms with Gasteiger partial charge in [-0.3, -0.25) is 4.79 Å². The van der Waals surface area contributed by atoms with Crippen LogP contribution in [0.1, 0.15) is 38.8 Å². The number of nitrogens with zero attached hydrogens (tertiary/aromatic N) is 5. The van der Waals surface area contributed by atoms with Crippen molar-refractivity contribution >= 4 is 23.4 Å². The van der Waals surface area contributed by atoms with Crippen molar-refractivity contribution in [2.45, 2.75) is 29.8 Å². The summed E-state index contributed by atoms with van der Waals surface area (Å²) < 4.78 is 1.77. The molecule has 0 unspecified atom stereocenters. The van der Waals surface area contributed by atoms with Gasteiger partial charge in [0.05, 0.1) is 17.3 Å². The quantitative estimate of drug-likeness (QED) is 0.479. The van der Waals surface area contributed by atoms with Gasteiger partial charge in [0.2, 0.25) is 5.16 Å². The molecule has 0 saturated carbocycles. The van der Waals surface area contributed by atoms with Crippen molar-refractivity contribution in [2.75, 3.05) is 6.54 Å². The van der Waals surface area contributed by atoms with Crippen LogP contribution in [-0.2, 0) is 18.6 Å². The number of thioether (sulfide) groups is 1. The molecular weight excluding hydrogens is 394 g/mol. The summed E-state index contributed by atoms with van der Waals surface area (Å²) in [4.78, 5) is 24.2. The standard InChI is InChI=1S/C23H19N5OS/c29-21-18-13-24-22-25-23(30-14-15-6-2-1-3-7-15)26-28(22)20(18)12-19-17-9-5-4-8-16(17)10-11-27(19)21/h1-9,13,19H,10-12,14H2/t19-/m0/s1. The molecule has 2 aliphatic rings. The Hall–Kier alpha value is -3.19. The molecule has 0 bridgehead atoms. The Kier molecular flexibility index (Phi) is 4.09. The van der Waals surface area contributed by atoms with E-state index in [1.807, 2.05) is 23.1 Å². The molecule has 7 heteroatoms. The first-order valence-electron chi connectivity index (χ1n) is 10.1. The van der Waals surface area contributed by atoms with E-state index in [0.29, 0.717) is 16.5 Å². The van der Waals surface area contributed by atoms with E-state index in [4.69, 9.17) is 5.10 Å². The summed E-state index contributed by atoms with van der Waals surface area (Å²) in [5.41, 5.74) is 5.34. The molecule has 0 spiro atoms. The summed E-state index contributed by atoms with van der Waals surface area (Å²) in [5.74, 6) is 1.39. The van der Waals surface area contributed by atoms with Crippen LogP contribution in [0, 0.1) is 0 Å². The van der Waals surface area contributed by atoms with Gasteiger partial charge in [-0.15, -0.1) is 5.10 Å². The number of hydrogen-bond acceptors (Lipinski definition) is 5. The fourth-order valence-corrected chi connectivity index (χ4v) is 5.25. The molecule has 2 aromatic carbocycles. The highest BCUT2D eigenvalue weighted by molar-refractivity contribution is 7.98. The van der Waals surface area contributed by atoms with Crippen LogP contribution >= 0.6 is 11.8 Å². The number of carbonyl (C=O) groups is 1. The average molecular weight is 414 g/mol. The third kappa shape index (κ3) is 2.81. The second-order valence-corrected chi connectivity index (χ2v) is 8.61. The van der Waals surface area contributed by atoms with E-state index in [2.05, 4.69) is 46.4 Å². The Morgan fingerprint density at radius 3 is 2.80 bits per heavy atom. The SMILES string of the molecule is O=C1c2cnc3nc(SCc4ccccc4)nn3c2C[C@H]2c3ccccc3CCN12. The summed E-state index contributed by atoms with van der Waals surface area (Å²) in [7, 11) is 0. The number of rotatable bonds is 3. The fraction of sp³-hybridized carbons (Fsp3) is 0.217. The molecule has 6 nitrogen and oxygen atoms in total. The summed E-state index contributed by atoms with van der Waals surface area (Å²) in [6.45, 7) is 0.744. The number of fused-ring (bicyclic) bond motifs is 6. The zero-order valence-electron chi connectivity index (χ0n) is 16.2. The number of benzene rings is 2. The third-order valence-electron chi connectivity index (χ3n) is 5.95. The van der Waals surface area contributed by atoms with Crippen molar-refractivity contribution in [1.82, 2.24) is 24.5 Å². The minimum absolute atomic E-state index is 0.0409. The number of aromatic nitrogens is 4. The fourth-order valence-electron chi connectivity index (χ4n) is 4.47. The number of amides is 1. The highest BCUT2D eigenvalue weighted by Crippen LogP contribution is 2.37. The van der Waals surface area contributed by atoms with E-state index in [0.717, 1.165) is 30.8 Å². The maximum atomic E-state index is 13.2. The van der Waals surface area contributed by atoms with E-state index >= 15 is 0 Å². The van der Waals surface area contributed by atoms with Crippen molar-refractivity contribution in [3.63, 3.8) is 0 Å². The van der Waals surface area contributed by atoms with Gasteiger partial charge in [-0.05, 0) is 23.1 Å². The normalized spacial score (nSPS) is 17.5. The predicted molar refractivity (Wildman–Crippen MR) is 114 cm³/mol. The molecule has 1 amide bonds. The molecule has 0 N–H and O–H groups in total. The van der Waals surface area contributed by atoms with Crippen molar-refractivity contribution in [3.05, 3.63) is 88.7 Å².